The number of fused-ring (bicyclic) bond motifs is 1. The average molecular weight is 469 g/mol. The minimum Gasteiger partial charge on any atom is -0.494 e. The number of hydrogen-bond donors (Lipinski definition) is 2. The van der Waals surface area contributed by atoms with Gasteiger partial charge in [0.05, 0.1) is 17.3 Å². The zero-order valence-corrected chi connectivity index (χ0v) is 20.8. The first kappa shape index (κ1) is 23.1. The number of carbonyl (C=O) groups is 1. The molecular weight excluding hydrogens is 436 g/mol. The lowest BCUT2D eigenvalue weighted by atomic mass is 9.97. The highest BCUT2D eigenvalue weighted by atomic mass is 16.3. The number of nitrogens with one attached hydrogen (secondary N) is 1. The monoisotopic (exact) mass is 468 g/mol. The van der Waals surface area contributed by atoms with Gasteiger partial charge in [0.25, 0.3) is 0 Å². The van der Waals surface area contributed by atoms with E-state index in [1.165, 1.54) is 11.4 Å². The normalized spacial score (nSPS) is 15.7. The van der Waals surface area contributed by atoms with Crippen LogP contribution in [0.3, 0.4) is 0 Å². The first-order chi connectivity index (χ1) is 16.8. The van der Waals surface area contributed by atoms with E-state index >= 15 is 0 Å². The maximum atomic E-state index is 12.1. The fraction of sp³-hybridized carbons (Fsp3) is 0.310. The molecule has 3 heterocycles. The average Bonchev–Trinajstić information content (AvgIpc) is 3.35. The summed E-state index contributed by atoms with van der Waals surface area (Å²) < 4.78 is 2.22. The number of H-pyrrole nitrogens is 1. The Labute approximate surface area is 205 Å². The van der Waals surface area contributed by atoms with E-state index in [4.69, 9.17) is 4.99 Å². The van der Waals surface area contributed by atoms with Crippen LogP contribution in [0.1, 0.15) is 52.6 Å². The Kier molecular flexibility index (Phi) is 6.07. The molecule has 1 aliphatic heterocycles. The van der Waals surface area contributed by atoms with Gasteiger partial charge in [-0.1, -0.05) is 12.1 Å². The summed E-state index contributed by atoms with van der Waals surface area (Å²) >= 11 is 0. The predicted octanol–water partition coefficient (Wildman–Crippen LogP) is 5.42. The molecule has 0 spiro atoms. The second kappa shape index (κ2) is 9.19. The van der Waals surface area contributed by atoms with Gasteiger partial charge < -0.3 is 19.6 Å². The third-order valence-electron chi connectivity index (χ3n) is 7.09. The first-order valence-corrected chi connectivity index (χ1v) is 12.2. The fourth-order valence-corrected chi connectivity index (χ4v) is 5.07. The molecule has 0 radical (unpaired) electrons. The molecule has 0 unspecified atom stereocenters. The maximum absolute atomic E-state index is 12.1. The number of aromatic amines is 1. The minimum atomic E-state index is -0.00541. The highest BCUT2D eigenvalue weighted by molar-refractivity contribution is 6.21. The van der Waals surface area contributed by atoms with Crippen LogP contribution in [0.25, 0.3) is 16.6 Å². The van der Waals surface area contributed by atoms with Crippen LogP contribution in [0.15, 0.2) is 59.6 Å². The quantitative estimate of drug-likeness (QED) is 0.304. The van der Waals surface area contributed by atoms with Crippen molar-refractivity contribution in [2.75, 3.05) is 20.1 Å². The summed E-state index contributed by atoms with van der Waals surface area (Å²) in [5.74, 6) is 0.0720. The van der Waals surface area contributed by atoms with Gasteiger partial charge in [-0.3, -0.25) is 9.79 Å². The molecule has 0 aliphatic carbocycles. The number of aromatic nitrogens is 2. The number of rotatable bonds is 5. The van der Waals surface area contributed by atoms with Crippen molar-refractivity contribution in [2.45, 2.75) is 39.7 Å². The van der Waals surface area contributed by atoms with Gasteiger partial charge in [0.2, 0.25) is 0 Å². The van der Waals surface area contributed by atoms with Crippen LogP contribution in [0.4, 0.5) is 0 Å². The summed E-state index contributed by atoms with van der Waals surface area (Å²) in [6.07, 6.45) is 1.95. The fourth-order valence-electron chi connectivity index (χ4n) is 5.07. The molecule has 1 aliphatic rings. The molecule has 35 heavy (non-hydrogen) atoms. The van der Waals surface area contributed by atoms with E-state index in [-0.39, 0.29) is 17.7 Å². The van der Waals surface area contributed by atoms with Gasteiger partial charge in [-0.25, -0.2) is 0 Å². The molecule has 0 amide bonds. The van der Waals surface area contributed by atoms with E-state index in [1.807, 2.05) is 12.1 Å². The van der Waals surface area contributed by atoms with E-state index in [2.05, 4.69) is 71.7 Å². The molecule has 2 aromatic heterocycles. The van der Waals surface area contributed by atoms with Gasteiger partial charge in [0, 0.05) is 39.1 Å². The van der Waals surface area contributed by atoms with E-state index in [9.17, 15) is 9.90 Å². The lowest BCUT2D eigenvalue weighted by molar-refractivity contribution is 0.101. The number of benzene rings is 2. The van der Waals surface area contributed by atoms with Crippen LogP contribution in [0, 0.1) is 13.8 Å². The number of hydrogen-bond acceptors (Lipinski definition) is 4. The smallest absolute Gasteiger partial charge is 0.199 e. The Hall–Kier alpha value is -3.64. The zero-order valence-electron chi connectivity index (χ0n) is 20.8. The van der Waals surface area contributed by atoms with Crippen molar-refractivity contribution in [2.24, 2.45) is 4.99 Å². The van der Waals surface area contributed by atoms with Gasteiger partial charge in [0.15, 0.2) is 11.7 Å². The number of ketones is 1. The molecule has 4 aromatic rings. The summed E-state index contributed by atoms with van der Waals surface area (Å²) in [5.41, 5.74) is 7.22. The summed E-state index contributed by atoms with van der Waals surface area (Å²) in [6, 6.07) is 18.3. The summed E-state index contributed by atoms with van der Waals surface area (Å²) in [6.45, 7) is 7.77. The first-order valence-electron chi connectivity index (χ1n) is 12.2. The molecular formula is C29H32N4O2. The molecule has 180 valence electrons. The number of piperidine rings is 1. The molecule has 0 bridgehead atoms. The number of likely N-dealkylation sites (tertiary alicyclic amines) is 1. The summed E-state index contributed by atoms with van der Waals surface area (Å²) in [7, 11) is 2.14. The predicted molar refractivity (Wildman–Crippen MR) is 141 cm³/mol. The number of aromatic hydroxyl groups is 1. The Morgan fingerprint density at radius 2 is 1.60 bits per heavy atom. The number of aryl methyl sites for hydroxylation is 2. The molecule has 5 rings (SSSR count). The van der Waals surface area contributed by atoms with Crippen LogP contribution in [0.5, 0.6) is 5.88 Å². The molecule has 2 N–H and O–H groups in total. The maximum Gasteiger partial charge on any atom is 0.199 e. The van der Waals surface area contributed by atoms with Crippen LogP contribution in [-0.2, 0) is 0 Å². The molecule has 2 aromatic carbocycles. The Balaban J connectivity index is 1.64. The third-order valence-corrected chi connectivity index (χ3v) is 7.09. The van der Waals surface area contributed by atoms with Gasteiger partial charge in [0.1, 0.15) is 0 Å². The Morgan fingerprint density at radius 1 is 0.971 bits per heavy atom. The Bertz CT molecular complexity index is 1400. The number of Topliss-reactive ketones (excluding diaryl/α,β-unsaturated/α-hetero) is 1. The number of carbonyl (C=O) groups excluding carboxylic acids is 1. The van der Waals surface area contributed by atoms with E-state index in [1.54, 1.807) is 13.0 Å². The van der Waals surface area contributed by atoms with Crippen molar-refractivity contribution >= 4 is 22.4 Å². The van der Waals surface area contributed by atoms with Crippen molar-refractivity contribution < 1.29 is 9.90 Å². The number of nitrogens with zero attached hydrogens (tertiary/aromatic N) is 3. The topological polar surface area (TPSA) is 73.6 Å². The van der Waals surface area contributed by atoms with E-state index in [0.717, 1.165) is 53.8 Å². The second-order valence-corrected chi connectivity index (χ2v) is 9.68. The SMILES string of the molecule is CC(=O)c1ccc2[nH]c(O)c(C(=NC3CCN(C)CC3)c3ccc(-n4c(C)ccc4C)cc3)c2c1. The minimum absolute atomic E-state index is 0.00541. The molecule has 6 heteroatoms. The number of aliphatic imine (C=N–C) groups is 1. The molecule has 1 saturated heterocycles. The molecule has 0 saturated carbocycles. The van der Waals surface area contributed by atoms with Gasteiger partial charge in [-0.15, -0.1) is 0 Å². The van der Waals surface area contributed by atoms with Gasteiger partial charge in [-0.05, 0) is 96.2 Å². The summed E-state index contributed by atoms with van der Waals surface area (Å²) in [5, 5.41) is 11.8. The zero-order chi connectivity index (χ0) is 24.7. The van der Waals surface area contributed by atoms with Gasteiger partial charge >= 0.3 is 0 Å². The largest absolute Gasteiger partial charge is 0.494 e. The second-order valence-electron chi connectivity index (χ2n) is 9.68. The van der Waals surface area contributed by atoms with Crippen molar-refractivity contribution in [3.8, 4) is 11.6 Å². The van der Waals surface area contributed by atoms with Crippen molar-refractivity contribution in [3.05, 3.63) is 82.7 Å². The molecule has 0 atom stereocenters. The molecule has 6 nitrogen and oxygen atoms in total. The summed E-state index contributed by atoms with van der Waals surface area (Å²) in [4.78, 5) is 22.7. The lowest BCUT2D eigenvalue weighted by Gasteiger charge is -2.27. The van der Waals surface area contributed by atoms with Crippen molar-refractivity contribution in [1.29, 1.82) is 0 Å². The molecule has 1 fully saturated rings. The standard InChI is InChI=1S/C29H32N4O2/c1-18-5-6-19(2)33(18)24-10-7-21(8-11-24)28(30-23-13-15-32(4)16-14-23)27-25-17-22(20(3)34)9-12-26(25)31-29(27)35/h5-12,17,23,31,35H,13-16H2,1-4H3. The highest BCUT2D eigenvalue weighted by Gasteiger charge is 2.23. The highest BCUT2D eigenvalue weighted by Crippen LogP contribution is 2.32. The van der Waals surface area contributed by atoms with Crippen LogP contribution < -0.4 is 0 Å². The van der Waals surface area contributed by atoms with Gasteiger partial charge in [-0.2, -0.15) is 0 Å². The van der Waals surface area contributed by atoms with Crippen molar-refractivity contribution in [1.82, 2.24) is 14.5 Å². The van der Waals surface area contributed by atoms with E-state index in [0.29, 0.717) is 11.1 Å². The van der Waals surface area contributed by atoms with Crippen molar-refractivity contribution in [3.63, 3.8) is 0 Å². The van der Waals surface area contributed by atoms with Crippen LogP contribution in [0.2, 0.25) is 0 Å². The lowest BCUT2D eigenvalue weighted by Crippen LogP contribution is -2.32. The van der Waals surface area contributed by atoms with E-state index < -0.39 is 0 Å². The van der Waals surface area contributed by atoms with Crippen LogP contribution in [-0.4, -0.2) is 57.2 Å². The Morgan fingerprint density at radius 3 is 2.23 bits per heavy atom. The third kappa shape index (κ3) is 4.42. The van der Waals surface area contributed by atoms with Crippen LogP contribution >= 0.6 is 0 Å².